The van der Waals surface area contributed by atoms with Crippen molar-refractivity contribution < 1.29 is 9.47 Å². The monoisotopic (exact) mass is 558 g/mol. The molecule has 0 saturated carbocycles. The van der Waals surface area contributed by atoms with Gasteiger partial charge in [-0.2, -0.15) is 0 Å². The quantitative estimate of drug-likeness (QED) is 0.287. The summed E-state index contributed by atoms with van der Waals surface area (Å²) in [5, 5.41) is 7.21. The van der Waals surface area contributed by atoms with Crippen LogP contribution in [0.2, 0.25) is 0 Å². The maximum absolute atomic E-state index is 5.71. The molecule has 0 amide bonds. The van der Waals surface area contributed by atoms with E-state index in [0.29, 0.717) is 24.6 Å². The van der Waals surface area contributed by atoms with E-state index in [1.165, 1.54) is 5.56 Å². The van der Waals surface area contributed by atoms with Gasteiger partial charge in [0.25, 0.3) is 0 Å². The molecule has 182 valence electrons. The summed E-state index contributed by atoms with van der Waals surface area (Å²) >= 11 is 0. The van der Waals surface area contributed by atoms with Crippen molar-refractivity contribution in [3.05, 3.63) is 29.8 Å². The van der Waals surface area contributed by atoms with Gasteiger partial charge in [0.1, 0.15) is 5.75 Å². The molecule has 0 bridgehead atoms. The van der Waals surface area contributed by atoms with Gasteiger partial charge in [-0.3, -0.25) is 9.89 Å². The van der Waals surface area contributed by atoms with Crippen LogP contribution in [0.1, 0.15) is 53.0 Å². The number of likely N-dealkylation sites (tertiary alicyclic amines) is 1. The minimum atomic E-state index is 0. The van der Waals surface area contributed by atoms with E-state index in [9.17, 15) is 0 Å². The van der Waals surface area contributed by atoms with Crippen LogP contribution in [0, 0.1) is 5.92 Å². The molecular formula is C25H43IN4O2. The third kappa shape index (κ3) is 6.97. The lowest BCUT2D eigenvalue weighted by atomic mass is 9.74. The van der Waals surface area contributed by atoms with E-state index >= 15 is 0 Å². The van der Waals surface area contributed by atoms with Gasteiger partial charge in [-0.15, -0.1) is 24.0 Å². The molecule has 6 nitrogen and oxygen atoms in total. The minimum Gasteiger partial charge on any atom is -0.494 e. The lowest BCUT2D eigenvalue weighted by Gasteiger charge is -2.37. The second-order valence-corrected chi connectivity index (χ2v) is 9.32. The fourth-order valence-corrected chi connectivity index (χ4v) is 4.71. The normalized spacial score (nSPS) is 23.6. The van der Waals surface area contributed by atoms with Crippen molar-refractivity contribution >= 4 is 29.9 Å². The molecule has 0 radical (unpaired) electrons. The molecule has 3 rings (SSSR count). The zero-order chi connectivity index (χ0) is 22.3. The smallest absolute Gasteiger partial charge is 0.191 e. The zero-order valence-corrected chi connectivity index (χ0v) is 22.9. The van der Waals surface area contributed by atoms with Gasteiger partial charge in [0, 0.05) is 50.3 Å². The summed E-state index contributed by atoms with van der Waals surface area (Å²) in [6, 6.07) is 9.61. The Balaban J connectivity index is 0.00000363. The number of guanidine groups is 1. The summed E-state index contributed by atoms with van der Waals surface area (Å²) in [4.78, 5) is 7.65. The minimum absolute atomic E-state index is 0. The summed E-state index contributed by atoms with van der Waals surface area (Å²) in [7, 11) is 0. The molecule has 2 atom stereocenters. The topological polar surface area (TPSA) is 58.1 Å². The Morgan fingerprint density at radius 1 is 1.19 bits per heavy atom. The Bertz CT molecular complexity index is 704. The van der Waals surface area contributed by atoms with E-state index in [1.54, 1.807) is 0 Å². The van der Waals surface area contributed by atoms with E-state index in [4.69, 9.17) is 14.5 Å². The number of ether oxygens (including phenoxy) is 2. The molecule has 1 aromatic rings. The van der Waals surface area contributed by atoms with Gasteiger partial charge in [0.15, 0.2) is 5.96 Å². The molecule has 0 aromatic heterocycles. The molecule has 0 spiro atoms. The van der Waals surface area contributed by atoms with Crippen LogP contribution in [-0.2, 0) is 10.2 Å². The van der Waals surface area contributed by atoms with E-state index in [0.717, 1.165) is 63.9 Å². The summed E-state index contributed by atoms with van der Waals surface area (Å²) in [5.41, 5.74) is 1.34. The van der Waals surface area contributed by atoms with Gasteiger partial charge in [-0.05, 0) is 64.2 Å². The standard InChI is InChI=1S/C25H42N4O2.HI/c1-6-26-24(28-23-17-29(19(3)4)16-20(23)5)27-18-25(12-14-30-15-13-25)21-8-10-22(11-9-21)31-7-2;/h8-11,19-20,23H,6-7,12-18H2,1-5H3,(H2,26,27,28);1H. The van der Waals surface area contributed by atoms with Crippen LogP contribution in [-0.4, -0.2) is 68.9 Å². The van der Waals surface area contributed by atoms with Crippen molar-refractivity contribution in [2.24, 2.45) is 10.9 Å². The van der Waals surface area contributed by atoms with Gasteiger partial charge in [-0.25, -0.2) is 0 Å². The highest BCUT2D eigenvalue weighted by Gasteiger charge is 2.35. The molecule has 7 heteroatoms. The Morgan fingerprint density at radius 2 is 1.88 bits per heavy atom. The molecule has 2 aliphatic rings. The van der Waals surface area contributed by atoms with Crippen molar-refractivity contribution in [2.75, 3.05) is 46.0 Å². The van der Waals surface area contributed by atoms with E-state index < -0.39 is 0 Å². The fourth-order valence-electron chi connectivity index (χ4n) is 4.71. The zero-order valence-electron chi connectivity index (χ0n) is 20.5. The number of benzene rings is 1. The second kappa shape index (κ2) is 13.0. The first-order chi connectivity index (χ1) is 15.0. The van der Waals surface area contributed by atoms with Gasteiger partial charge in [-0.1, -0.05) is 19.1 Å². The van der Waals surface area contributed by atoms with E-state index in [-0.39, 0.29) is 29.4 Å². The third-order valence-electron chi connectivity index (χ3n) is 6.80. The predicted molar refractivity (Wildman–Crippen MR) is 144 cm³/mol. The van der Waals surface area contributed by atoms with Crippen LogP contribution < -0.4 is 15.4 Å². The van der Waals surface area contributed by atoms with Crippen molar-refractivity contribution in [1.82, 2.24) is 15.5 Å². The lowest BCUT2D eigenvalue weighted by molar-refractivity contribution is 0.0531. The van der Waals surface area contributed by atoms with Crippen LogP contribution in [0.4, 0.5) is 0 Å². The summed E-state index contributed by atoms with van der Waals surface area (Å²) in [6.45, 7) is 17.1. The van der Waals surface area contributed by atoms with Gasteiger partial charge in [0.05, 0.1) is 13.2 Å². The average molecular weight is 559 g/mol. The Labute approximate surface area is 211 Å². The number of rotatable bonds is 8. The van der Waals surface area contributed by atoms with Gasteiger partial charge < -0.3 is 20.1 Å². The van der Waals surface area contributed by atoms with Crippen molar-refractivity contribution in [2.45, 2.75) is 65.0 Å². The molecule has 2 unspecified atom stereocenters. The van der Waals surface area contributed by atoms with Crippen molar-refractivity contribution in [3.63, 3.8) is 0 Å². The molecule has 2 N–H and O–H groups in total. The summed E-state index contributed by atoms with van der Waals surface area (Å²) in [5.74, 6) is 2.47. The highest BCUT2D eigenvalue weighted by atomic mass is 127. The molecule has 2 aliphatic heterocycles. The SMILES string of the molecule is CCNC(=NCC1(c2ccc(OCC)cc2)CCOCC1)NC1CN(C(C)C)CC1C.I. The number of nitrogens with one attached hydrogen (secondary N) is 2. The molecule has 32 heavy (non-hydrogen) atoms. The molecule has 2 heterocycles. The number of aliphatic imine (C=N–C) groups is 1. The Kier molecular flexibility index (Phi) is 11.0. The summed E-state index contributed by atoms with van der Waals surface area (Å²) < 4.78 is 11.4. The number of hydrogen-bond acceptors (Lipinski definition) is 4. The second-order valence-electron chi connectivity index (χ2n) is 9.32. The third-order valence-corrected chi connectivity index (χ3v) is 6.80. The molecular weight excluding hydrogens is 515 g/mol. The number of nitrogens with zero attached hydrogens (tertiary/aromatic N) is 2. The van der Waals surface area contributed by atoms with Gasteiger partial charge >= 0.3 is 0 Å². The van der Waals surface area contributed by atoms with Crippen molar-refractivity contribution in [3.8, 4) is 5.75 Å². The summed E-state index contributed by atoms with van der Waals surface area (Å²) in [6.07, 6.45) is 1.98. The Morgan fingerprint density at radius 3 is 2.44 bits per heavy atom. The van der Waals surface area contributed by atoms with Crippen molar-refractivity contribution in [1.29, 1.82) is 0 Å². The Hall–Kier alpha value is -1.06. The predicted octanol–water partition coefficient (Wildman–Crippen LogP) is 4.04. The number of hydrogen-bond donors (Lipinski definition) is 2. The van der Waals surface area contributed by atoms with Gasteiger partial charge in [0.2, 0.25) is 0 Å². The van der Waals surface area contributed by atoms with Crippen LogP contribution in [0.25, 0.3) is 0 Å². The van der Waals surface area contributed by atoms with Crippen LogP contribution in [0.15, 0.2) is 29.3 Å². The fraction of sp³-hybridized carbons (Fsp3) is 0.720. The highest BCUT2D eigenvalue weighted by molar-refractivity contribution is 14.0. The number of halogens is 1. The maximum atomic E-state index is 5.71. The average Bonchev–Trinajstić information content (AvgIpc) is 3.14. The molecule has 2 fully saturated rings. The van der Waals surface area contributed by atoms with Crippen LogP contribution in [0.5, 0.6) is 5.75 Å². The first-order valence-corrected chi connectivity index (χ1v) is 12.1. The lowest BCUT2D eigenvalue weighted by Crippen LogP contribution is -2.47. The highest BCUT2D eigenvalue weighted by Crippen LogP contribution is 2.36. The first-order valence-electron chi connectivity index (χ1n) is 12.1. The molecule has 2 saturated heterocycles. The maximum Gasteiger partial charge on any atom is 0.191 e. The first kappa shape index (κ1) is 27.2. The van der Waals surface area contributed by atoms with Crippen LogP contribution >= 0.6 is 24.0 Å². The van der Waals surface area contributed by atoms with E-state index in [2.05, 4.69) is 67.5 Å². The molecule has 1 aromatic carbocycles. The van der Waals surface area contributed by atoms with E-state index in [1.807, 2.05) is 6.92 Å². The van der Waals surface area contributed by atoms with Crippen LogP contribution in [0.3, 0.4) is 0 Å². The molecule has 0 aliphatic carbocycles. The largest absolute Gasteiger partial charge is 0.494 e.